The molecule has 9 heteroatoms. The number of aromatic nitrogens is 4. The number of H-pyrrole nitrogens is 1. The van der Waals surface area contributed by atoms with Crippen LogP contribution in [0.3, 0.4) is 0 Å². The standard InChI is InChI=1S/C31H30FN5O3/c1-18-27(21-8-9-26(40-3)24(32)15-21)36-30(35-18)31(2)10-12-37(13-11-31)28-23-14-22(16-25(23)33-17-34-28)19-4-6-20(7-5-19)29(38)39/h4-9,14-15,17H,10-13,16H2,1-3H3,(H,35,36)(H,38,39). The van der Waals surface area contributed by atoms with Gasteiger partial charge in [0.1, 0.15) is 18.0 Å². The van der Waals surface area contributed by atoms with E-state index in [1.165, 1.54) is 13.2 Å². The number of aryl methyl sites for hydroxylation is 1. The molecular weight excluding hydrogens is 509 g/mol. The van der Waals surface area contributed by atoms with Crippen molar-refractivity contribution in [3.05, 3.63) is 88.5 Å². The van der Waals surface area contributed by atoms with Gasteiger partial charge in [0.05, 0.1) is 24.1 Å². The number of ether oxygens (including phenoxy) is 1. The van der Waals surface area contributed by atoms with E-state index in [1.54, 1.807) is 24.5 Å². The second kappa shape index (κ2) is 9.89. The Labute approximate surface area is 231 Å². The molecule has 1 aliphatic carbocycles. The van der Waals surface area contributed by atoms with Gasteiger partial charge < -0.3 is 19.7 Å². The molecule has 1 fully saturated rings. The lowest BCUT2D eigenvalue weighted by Gasteiger charge is -2.39. The largest absolute Gasteiger partial charge is 0.494 e. The molecule has 2 aromatic carbocycles. The van der Waals surface area contributed by atoms with Crippen molar-refractivity contribution in [2.45, 2.75) is 38.5 Å². The van der Waals surface area contributed by atoms with E-state index in [0.29, 0.717) is 6.42 Å². The Balaban J connectivity index is 1.21. The van der Waals surface area contributed by atoms with Crippen molar-refractivity contribution in [1.29, 1.82) is 0 Å². The topological polar surface area (TPSA) is 104 Å². The lowest BCUT2D eigenvalue weighted by Crippen LogP contribution is -2.42. The maximum atomic E-state index is 14.4. The van der Waals surface area contributed by atoms with Crippen molar-refractivity contribution < 1.29 is 19.0 Å². The van der Waals surface area contributed by atoms with E-state index in [0.717, 1.165) is 76.9 Å². The summed E-state index contributed by atoms with van der Waals surface area (Å²) in [5.74, 6) is 0.710. The average Bonchev–Trinajstić information content (AvgIpc) is 3.58. The summed E-state index contributed by atoms with van der Waals surface area (Å²) in [5, 5.41) is 9.21. The van der Waals surface area contributed by atoms with Crippen LogP contribution in [0.4, 0.5) is 10.2 Å². The Morgan fingerprint density at radius 2 is 1.82 bits per heavy atom. The number of nitrogens with zero attached hydrogens (tertiary/aromatic N) is 4. The summed E-state index contributed by atoms with van der Waals surface area (Å²) >= 11 is 0. The van der Waals surface area contributed by atoms with E-state index in [-0.39, 0.29) is 16.7 Å². The van der Waals surface area contributed by atoms with E-state index in [1.807, 2.05) is 25.1 Å². The number of anilines is 1. The second-order valence-electron chi connectivity index (χ2n) is 10.7. The molecular formula is C31H30FN5O3. The first-order chi connectivity index (χ1) is 19.3. The van der Waals surface area contributed by atoms with Crippen LogP contribution in [0, 0.1) is 12.7 Å². The third kappa shape index (κ3) is 4.51. The van der Waals surface area contributed by atoms with Crippen LogP contribution in [-0.2, 0) is 11.8 Å². The van der Waals surface area contributed by atoms with E-state index in [4.69, 9.17) is 9.72 Å². The molecule has 204 valence electrons. The van der Waals surface area contributed by atoms with Gasteiger partial charge in [0.25, 0.3) is 0 Å². The van der Waals surface area contributed by atoms with Gasteiger partial charge in [-0.2, -0.15) is 0 Å². The first-order valence-electron chi connectivity index (χ1n) is 13.3. The van der Waals surface area contributed by atoms with Crippen LogP contribution >= 0.6 is 0 Å². The number of benzene rings is 2. The monoisotopic (exact) mass is 539 g/mol. The molecule has 0 amide bonds. The van der Waals surface area contributed by atoms with Crippen LogP contribution in [-0.4, -0.2) is 51.2 Å². The van der Waals surface area contributed by atoms with Gasteiger partial charge >= 0.3 is 5.97 Å². The number of rotatable bonds is 6. The fourth-order valence-electron chi connectivity index (χ4n) is 5.67. The Morgan fingerprint density at radius 3 is 2.50 bits per heavy atom. The second-order valence-corrected chi connectivity index (χ2v) is 10.7. The van der Waals surface area contributed by atoms with Crippen molar-refractivity contribution in [1.82, 2.24) is 19.9 Å². The molecule has 1 aliphatic heterocycles. The molecule has 0 bridgehead atoms. The Hall–Kier alpha value is -4.53. The summed E-state index contributed by atoms with van der Waals surface area (Å²) < 4.78 is 19.4. The minimum Gasteiger partial charge on any atom is -0.494 e. The maximum absolute atomic E-state index is 14.4. The molecule has 2 aromatic heterocycles. The van der Waals surface area contributed by atoms with Gasteiger partial charge in [0, 0.05) is 41.7 Å². The van der Waals surface area contributed by atoms with Crippen molar-refractivity contribution in [3.63, 3.8) is 0 Å². The zero-order valence-corrected chi connectivity index (χ0v) is 22.7. The summed E-state index contributed by atoms with van der Waals surface area (Å²) in [6.07, 6.45) is 6.20. The van der Waals surface area contributed by atoms with E-state index in [9.17, 15) is 14.3 Å². The number of piperidine rings is 1. The molecule has 0 radical (unpaired) electrons. The summed E-state index contributed by atoms with van der Waals surface area (Å²) in [6, 6.07) is 11.9. The quantitative estimate of drug-likeness (QED) is 0.325. The predicted octanol–water partition coefficient (Wildman–Crippen LogP) is 5.68. The molecule has 4 aromatic rings. The highest BCUT2D eigenvalue weighted by Gasteiger charge is 2.36. The lowest BCUT2D eigenvalue weighted by atomic mass is 9.79. The van der Waals surface area contributed by atoms with Crippen LogP contribution < -0.4 is 9.64 Å². The molecule has 8 nitrogen and oxygen atoms in total. The Morgan fingerprint density at radius 1 is 1.10 bits per heavy atom. The molecule has 40 heavy (non-hydrogen) atoms. The van der Waals surface area contributed by atoms with Gasteiger partial charge in [0.2, 0.25) is 0 Å². The van der Waals surface area contributed by atoms with E-state index in [2.05, 4.69) is 32.9 Å². The first kappa shape index (κ1) is 25.7. The summed E-state index contributed by atoms with van der Waals surface area (Å²) in [6.45, 7) is 5.81. The number of halogens is 1. The van der Waals surface area contributed by atoms with Crippen molar-refractivity contribution in [3.8, 4) is 17.0 Å². The SMILES string of the molecule is COc1ccc(-c2nc(C3(C)CCN(c4ncnc5c4C=C(c4ccc(C(=O)O)cc4)C5)CC3)[nH]c2C)cc1F. The van der Waals surface area contributed by atoms with Crippen LogP contribution in [0.2, 0.25) is 0 Å². The zero-order chi connectivity index (χ0) is 28.0. The maximum Gasteiger partial charge on any atom is 0.335 e. The molecule has 1 saturated heterocycles. The number of carboxylic acids is 1. The number of methoxy groups -OCH3 is 1. The van der Waals surface area contributed by atoms with Crippen molar-refractivity contribution >= 4 is 23.4 Å². The lowest BCUT2D eigenvalue weighted by molar-refractivity contribution is 0.0697. The fourth-order valence-corrected chi connectivity index (χ4v) is 5.67. The molecule has 0 atom stereocenters. The number of aromatic carboxylic acids is 1. The van der Waals surface area contributed by atoms with E-state index < -0.39 is 11.8 Å². The van der Waals surface area contributed by atoms with Crippen molar-refractivity contribution in [2.24, 2.45) is 0 Å². The smallest absolute Gasteiger partial charge is 0.335 e. The molecule has 2 aliphatic rings. The molecule has 3 heterocycles. The predicted molar refractivity (Wildman–Crippen MR) is 151 cm³/mol. The Kier molecular flexibility index (Phi) is 6.37. The van der Waals surface area contributed by atoms with Crippen LogP contribution in [0.5, 0.6) is 5.75 Å². The van der Waals surface area contributed by atoms with Crippen molar-refractivity contribution in [2.75, 3.05) is 25.1 Å². The normalized spacial score (nSPS) is 16.0. The van der Waals surface area contributed by atoms with Crippen LogP contribution in [0.1, 0.15) is 58.5 Å². The molecule has 6 rings (SSSR count). The number of hydrogen-bond acceptors (Lipinski definition) is 6. The van der Waals surface area contributed by atoms with Crippen LogP contribution in [0.15, 0.2) is 48.8 Å². The van der Waals surface area contributed by atoms with Gasteiger partial charge in [-0.3, -0.25) is 0 Å². The summed E-state index contributed by atoms with van der Waals surface area (Å²) in [4.78, 5) is 31.1. The van der Waals surface area contributed by atoms with Gasteiger partial charge in [-0.25, -0.2) is 24.1 Å². The third-order valence-corrected chi connectivity index (χ3v) is 8.17. The molecule has 0 saturated carbocycles. The van der Waals surface area contributed by atoms with Gasteiger partial charge in [-0.05, 0) is 67.3 Å². The zero-order valence-electron chi connectivity index (χ0n) is 22.7. The summed E-state index contributed by atoms with van der Waals surface area (Å²) in [5.41, 5.74) is 6.59. The molecule has 0 unspecified atom stereocenters. The first-order valence-corrected chi connectivity index (χ1v) is 13.3. The number of carbonyl (C=O) groups is 1. The number of imidazole rings is 1. The highest BCUT2D eigenvalue weighted by Crippen LogP contribution is 2.40. The van der Waals surface area contributed by atoms with E-state index >= 15 is 0 Å². The van der Waals surface area contributed by atoms with Crippen LogP contribution in [0.25, 0.3) is 22.9 Å². The van der Waals surface area contributed by atoms with Gasteiger partial charge in [-0.1, -0.05) is 19.1 Å². The highest BCUT2D eigenvalue weighted by atomic mass is 19.1. The minimum atomic E-state index is -0.934. The molecule has 2 N–H and O–H groups in total. The number of fused-ring (bicyclic) bond motifs is 1. The number of carboxylic acid groups (broad SMARTS) is 1. The Bertz CT molecular complexity index is 1640. The number of aromatic amines is 1. The minimum absolute atomic E-state index is 0.159. The third-order valence-electron chi connectivity index (χ3n) is 8.17. The number of allylic oxidation sites excluding steroid dienone is 1. The highest BCUT2D eigenvalue weighted by molar-refractivity contribution is 5.92. The van der Waals surface area contributed by atoms with Gasteiger partial charge in [-0.15, -0.1) is 0 Å². The summed E-state index contributed by atoms with van der Waals surface area (Å²) in [7, 11) is 1.45. The number of nitrogens with one attached hydrogen (secondary N) is 1. The molecule has 0 spiro atoms. The fraction of sp³-hybridized carbons (Fsp3) is 0.290. The number of hydrogen-bond donors (Lipinski definition) is 2. The van der Waals surface area contributed by atoms with Gasteiger partial charge in [0.15, 0.2) is 11.6 Å². The average molecular weight is 540 g/mol.